The zero-order valence-electron chi connectivity index (χ0n) is 10.3. The number of rotatable bonds is 2. The number of fused-ring (bicyclic) bond motifs is 1. The van der Waals surface area contributed by atoms with Crippen LogP contribution in [0.2, 0.25) is 0 Å². The number of hydrogen-bond donors (Lipinski definition) is 1. The Morgan fingerprint density at radius 3 is 2.65 bits per heavy atom. The van der Waals surface area contributed by atoms with Gasteiger partial charge in [-0.1, -0.05) is 40.2 Å². The third-order valence-corrected chi connectivity index (χ3v) is 3.58. The number of amides is 1. The van der Waals surface area contributed by atoms with Crippen LogP contribution in [0.4, 0.5) is 0 Å². The fraction of sp³-hybridized carbons (Fsp3) is 0.500. The van der Waals surface area contributed by atoms with Gasteiger partial charge in [0.2, 0.25) is 5.91 Å². The maximum absolute atomic E-state index is 11.9. The summed E-state index contributed by atoms with van der Waals surface area (Å²) in [4.78, 5) is 11.9. The molecule has 0 spiro atoms. The summed E-state index contributed by atoms with van der Waals surface area (Å²) in [6.45, 7) is 3.75. The number of benzene rings is 1. The fourth-order valence-corrected chi connectivity index (χ4v) is 2.29. The molecule has 1 amide bonds. The van der Waals surface area contributed by atoms with Crippen molar-refractivity contribution in [3.63, 3.8) is 0 Å². The first-order chi connectivity index (χ1) is 7.97. The lowest BCUT2D eigenvalue weighted by Gasteiger charge is -2.28. The number of alkyl halides is 1. The highest BCUT2D eigenvalue weighted by atomic mass is 79.9. The van der Waals surface area contributed by atoms with Crippen LogP contribution < -0.4 is 5.32 Å². The third kappa shape index (κ3) is 3.09. The van der Waals surface area contributed by atoms with Gasteiger partial charge in [-0.05, 0) is 44.2 Å². The highest BCUT2D eigenvalue weighted by molar-refractivity contribution is 9.10. The van der Waals surface area contributed by atoms with Crippen LogP contribution in [0.25, 0.3) is 0 Å². The normalized spacial score (nSPS) is 19.6. The van der Waals surface area contributed by atoms with Crippen LogP contribution in [0.1, 0.15) is 31.4 Å². The Morgan fingerprint density at radius 2 is 2.00 bits per heavy atom. The zero-order valence-corrected chi connectivity index (χ0v) is 11.9. The van der Waals surface area contributed by atoms with Crippen LogP contribution in [0.15, 0.2) is 24.3 Å². The summed E-state index contributed by atoms with van der Waals surface area (Å²) in [6.07, 6.45) is 3.04. The van der Waals surface area contributed by atoms with Gasteiger partial charge in [0.05, 0.1) is 4.32 Å². The minimum atomic E-state index is -0.482. The van der Waals surface area contributed by atoms with E-state index in [2.05, 4.69) is 45.5 Å². The lowest BCUT2D eigenvalue weighted by Crippen LogP contribution is -2.45. The Morgan fingerprint density at radius 1 is 1.35 bits per heavy atom. The molecule has 0 saturated carbocycles. The maximum Gasteiger partial charge on any atom is 0.236 e. The molecule has 1 atom stereocenters. The maximum atomic E-state index is 11.9. The van der Waals surface area contributed by atoms with Gasteiger partial charge in [-0.25, -0.2) is 0 Å². The quantitative estimate of drug-likeness (QED) is 0.835. The second-order valence-electron chi connectivity index (χ2n) is 5.15. The molecule has 0 aliphatic heterocycles. The van der Waals surface area contributed by atoms with Crippen molar-refractivity contribution in [1.29, 1.82) is 0 Å². The van der Waals surface area contributed by atoms with E-state index in [0.29, 0.717) is 0 Å². The van der Waals surface area contributed by atoms with Gasteiger partial charge in [0.25, 0.3) is 0 Å². The molecule has 0 bridgehead atoms. The Bertz CT molecular complexity index is 422. The number of hydrogen-bond acceptors (Lipinski definition) is 1. The molecule has 2 nitrogen and oxygen atoms in total. The minimum Gasteiger partial charge on any atom is -0.352 e. The summed E-state index contributed by atoms with van der Waals surface area (Å²) in [5, 5.41) is 3.11. The predicted octanol–water partition coefficient (Wildman–Crippen LogP) is 2.83. The van der Waals surface area contributed by atoms with Crippen molar-refractivity contribution in [1.82, 2.24) is 5.32 Å². The standard InChI is InChI=1S/C14H18BrNO/c1-14(2,15)13(17)16-12-8-7-10-5-3-4-6-11(10)9-12/h3-6,12H,7-9H2,1-2H3,(H,16,17). The van der Waals surface area contributed by atoms with Crippen LogP contribution in [-0.4, -0.2) is 16.3 Å². The summed E-state index contributed by atoms with van der Waals surface area (Å²) in [6, 6.07) is 8.76. The molecule has 92 valence electrons. The summed E-state index contributed by atoms with van der Waals surface area (Å²) in [5.74, 6) is 0.0712. The van der Waals surface area contributed by atoms with Gasteiger partial charge >= 0.3 is 0 Å². The van der Waals surface area contributed by atoms with E-state index in [1.54, 1.807) is 0 Å². The first-order valence-corrected chi connectivity index (χ1v) is 6.83. The first-order valence-electron chi connectivity index (χ1n) is 6.03. The number of carbonyl (C=O) groups is 1. The van der Waals surface area contributed by atoms with Crippen LogP contribution in [-0.2, 0) is 17.6 Å². The Kier molecular flexibility index (Phi) is 3.57. The molecule has 1 aromatic rings. The van der Waals surface area contributed by atoms with Gasteiger partial charge in [-0.2, -0.15) is 0 Å². The molecule has 0 saturated heterocycles. The third-order valence-electron chi connectivity index (χ3n) is 3.22. The van der Waals surface area contributed by atoms with Crippen molar-refractivity contribution in [2.24, 2.45) is 0 Å². The van der Waals surface area contributed by atoms with E-state index in [9.17, 15) is 4.79 Å². The predicted molar refractivity (Wildman–Crippen MR) is 73.4 cm³/mol. The fourth-order valence-electron chi connectivity index (χ4n) is 2.18. The molecule has 0 fully saturated rings. The molecule has 1 unspecified atom stereocenters. The molecule has 3 heteroatoms. The van der Waals surface area contributed by atoms with E-state index in [0.717, 1.165) is 19.3 Å². The Labute approximate surface area is 111 Å². The summed E-state index contributed by atoms with van der Waals surface area (Å²) >= 11 is 3.39. The average molecular weight is 296 g/mol. The van der Waals surface area contributed by atoms with Gasteiger partial charge < -0.3 is 5.32 Å². The van der Waals surface area contributed by atoms with E-state index >= 15 is 0 Å². The van der Waals surface area contributed by atoms with E-state index in [4.69, 9.17) is 0 Å². The topological polar surface area (TPSA) is 29.1 Å². The van der Waals surface area contributed by atoms with Gasteiger partial charge in [0.15, 0.2) is 0 Å². The molecule has 17 heavy (non-hydrogen) atoms. The largest absolute Gasteiger partial charge is 0.352 e. The number of nitrogens with one attached hydrogen (secondary N) is 1. The molecule has 1 aromatic carbocycles. The van der Waals surface area contributed by atoms with Crippen LogP contribution in [0.5, 0.6) is 0 Å². The van der Waals surface area contributed by atoms with E-state index < -0.39 is 4.32 Å². The van der Waals surface area contributed by atoms with Crippen LogP contribution in [0, 0.1) is 0 Å². The van der Waals surface area contributed by atoms with Crippen molar-refractivity contribution in [3.8, 4) is 0 Å². The molecular weight excluding hydrogens is 278 g/mol. The zero-order chi connectivity index (χ0) is 12.5. The highest BCUT2D eigenvalue weighted by Gasteiger charge is 2.27. The molecule has 1 aliphatic carbocycles. The molecule has 0 heterocycles. The summed E-state index contributed by atoms with van der Waals surface area (Å²) in [7, 11) is 0. The van der Waals surface area contributed by atoms with Crippen molar-refractivity contribution in [3.05, 3.63) is 35.4 Å². The van der Waals surface area contributed by atoms with Crippen molar-refractivity contribution in [2.75, 3.05) is 0 Å². The van der Waals surface area contributed by atoms with Crippen LogP contribution in [0.3, 0.4) is 0 Å². The Balaban J connectivity index is 2.01. The number of carbonyl (C=O) groups excluding carboxylic acids is 1. The smallest absolute Gasteiger partial charge is 0.236 e. The van der Waals surface area contributed by atoms with Crippen LogP contribution >= 0.6 is 15.9 Å². The van der Waals surface area contributed by atoms with E-state index in [1.807, 2.05) is 13.8 Å². The SMILES string of the molecule is CC(C)(Br)C(=O)NC1CCc2ccccc2C1. The monoisotopic (exact) mass is 295 g/mol. The lowest BCUT2D eigenvalue weighted by molar-refractivity contribution is -0.123. The number of halogens is 1. The second-order valence-corrected chi connectivity index (χ2v) is 7.14. The Hall–Kier alpha value is -0.830. The molecule has 0 aromatic heterocycles. The van der Waals surface area contributed by atoms with Crippen molar-refractivity contribution >= 4 is 21.8 Å². The second kappa shape index (κ2) is 4.81. The summed E-state index contributed by atoms with van der Waals surface area (Å²) < 4.78 is -0.482. The lowest BCUT2D eigenvalue weighted by atomic mass is 9.88. The molecular formula is C14H18BrNO. The molecule has 1 N–H and O–H groups in total. The van der Waals surface area contributed by atoms with E-state index in [1.165, 1.54) is 11.1 Å². The molecule has 2 rings (SSSR count). The van der Waals surface area contributed by atoms with E-state index in [-0.39, 0.29) is 11.9 Å². The van der Waals surface area contributed by atoms with Gasteiger partial charge in [-0.15, -0.1) is 0 Å². The minimum absolute atomic E-state index is 0.0712. The van der Waals surface area contributed by atoms with Crippen molar-refractivity contribution < 1.29 is 4.79 Å². The molecule has 0 radical (unpaired) electrons. The summed E-state index contributed by atoms with van der Waals surface area (Å²) in [5.41, 5.74) is 2.80. The molecule has 1 aliphatic rings. The van der Waals surface area contributed by atoms with Gasteiger partial charge in [0, 0.05) is 6.04 Å². The van der Waals surface area contributed by atoms with Gasteiger partial charge in [0.1, 0.15) is 0 Å². The van der Waals surface area contributed by atoms with Crippen molar-refractivity contribution in [2.45, 2.75) is 43.5 Å². The average Bonchev–Trinajstić information content (AvgIpc) is 2.27. The highest BCUT2D eigenvalue weighted by Crippen LogP contribution is 2.22. The number of aryl methyl sites for hydroxylation is 1. The van der Waals surface area contributed by atoms with Gasteiger partial charge in [-0.3, -0.25) is 4.79 Å². The first kappa shape index (κ1) is 12.6.